The van der Waals surface area contributed by atoms with Gasteiger partial charge >= 0.3 is 6.03 Å². The lowest BCUT2D eigenvalue weighted by atomic mass is 10.1. The van der Waals surface area contributed by atoms with Crippen molar-refractivity contribution >= 4 is 17.4 Å². The maximum Gasteiger partial charge on any atom is 0.323 e. The number of anilines is 2. The third kappa shape index (κ3) is 4.52. The summed E-state index contributed by atoms with van der Waals surface area (Å²) in [6.45, 7) is 9.01. The number of aryl methyl sites for hydroxylation is 2. The van der Waals surface area contributed by atoms with E-state index in [1.165, 1.54) is 5.56 Å². The van der Waals surface area contributed by atoms with E-state index in [4.69, 9.17) is 4.74 Å². The summed E-state index contributed by atoms with van der Waals surface area (Å²) in [5.74, 6) is 0.642. The molecule has 3 aromatic rings. The Balaban J connectivity index is 1.73. The zero-order valence-corrected chi connectivity index (χ0v) is 16.7. The van der Waals surface area contributed by atoms with E-state index in [-0.39, 0.29) is 6.03 Å². The fourth-order valence-electron chi connectivity index (χ4n) is 3.02. The number of nitrogens with one attached hydrogen (secondary N) is 2. The van der Waals surface area contributed by atoms with Crippen LogP contribution >= 0.6 is 0 Å². The average molecular weight is 378 g/mol. The lowest BCUT2D eigenvalue weighted by Gasteiger charge is -2.12. The third-order valence-corrected chi connectivity index (χ3v) is 4.51. The van der Waals surface area contributed by atoms with Crippen molar-refractivity contribution < 1.29 is 9.53 Å². The van der Waals surface area contributed by atoms with Crippen molar-refractivity contribution in [2.24, 2.45) is 0 Å². The molecule has 0 bridgehead atoms. The van der Waals surface area contributed by atoms with E-state index in [0.29, 0.717) is 24.6 Å². The molecule has 0 saturated carbocycles. The van der Waals surface area contributed by atoms with Crippen LogP contribution in [0, 0.1) is 20.8 Å². The van der Waals surface area contributed by atoms with Crippen molar-refractivity contribution in [2.75, 3.05) is 17.2 Å². The molecule has 6 nitrogen and oxygen atoms in total. The normalized spacial score (nSPS) is 10.6. The van der Waals surface area contributed by atoms with Gasteiger partial charge in [-0.25, -0.2) is 4.79 Å². The smallest absolute Gasteiger partial charge is 0.323 e. The number of aromatic nitrogens is 2. The number of amides is 2. The molecule has 0 saturated heterocycles. The summed E-state index contributed by atoms with van der Waals surface area (Å²) in [7, 11) is 0. The molecular weight excluding hydrogens is 352 g/mol. The maximum atomic E-state index is 12.5. The minimum atomic E-state index is -0.326. The number of urea groups is 1. The number of ether oxygens (including phenoxy) is 1. The molecule has 2 N–H and O–H groups in total. The molecule has 0 radical (unpaired) electrons. The SMILES string of the molecule is CCOc1ccccc1NC(=O)Nc1c(C)nn(Cc2ccc(C)cc2)c1C. The molecule has 2 aromatic carbocycles. The largest absolute Gasteiger partial charge is 0.492 e. The van der Waals surface area contributed by atoms with Crippen LogP contribution in [0.1, 0.15) is 29.4 Å². The topological polar surface area (TPSA) is 68.2 Å². The number of rotatable bonds is 6. The summed E-state index contributed by atoms with van der Waals surface area (Å²) in [5.41, 5.74) is 5.42. The van der Waals surface area contributed by atoms with Crippen LogP contribution in [-0.4, -0.2) is 22.4 Å². The van der Waals surface area contributed by atoms with Crippen LogP contribution in [-0.2, 0) is 6.54 Å². The lowest BCUT2D eigenvalue weighted by Crippen LogP contribution is -2.20. The van der Waals surface area contributed by atoms with Gasteiger partial charge in [0.25, 0.3) is 0 Å². The Hall–Kier alpha value is -3.28. The molecule has 3 rings (SSSR count). The average Bonchev–Trinajstić information content (AvgIpc) is 2.93. The van der Waals surface area contributed by atoms with E-state index in [1.54, 1.807) is 0 Å². The number of nitrogens with zero attached hydrogens (tertiary/aromatic N) is 2. The van der Waals surface area contributed by atoms with Crippen molar-refractivity contribution in [1.82, 2.24) is 9.78 Å². The molecule has 0 atom stereocenters. The molecule has 1 heterocycles. The van der Waals surface area contributed by atoms with Gasteiger partial charge in [0.05, 0.1) is 35.9 Å². The predicted octanol–water partition coefficient (Wildman–Crippen LogP) is 4.90. The molecule has 0 aliphatic carbocycles. The summed E-state index contributed by atoms with van der Waals surface area (Å²) in [4.78, 5) is 12.5. The zero-order chi connectivity index (χ0) is 20.1. The second kappa shape index (κ2) is 8.61. The fourth-order valence-corrected chi connectivity index (χ4v) is 3.02. The van der Waals surface area contributed by atoms with Gasteiger partial charge in [0.15, 0.2) is 0 Å². The summed E-state index contributed by atoms with van der Waals surface area (Å²) in [6, 6.07) is 15.4. The highest BCUT2D eigenvalue weighted by Crippen LogP contribution is 2.25. The van der Waals surface area contributed by atoms with Crippen molar-refractivity contribution in [1.29, 1.82) is 0 Å². The van der Waals surface area contributed by atoms with Crippen LogP contribution in [0.2, 0.25) is 0 Å². The van der Waals surface area contributed by atoms with Crippen LogP contribution in [0.15, 0.2) is 48.5 Å². The highest BCUT2D eigenvalue weighted by molar-refractivity contribution is 6.01. The second-order valence-electron chi connectivity index (χ2n) is 6.70. The second-order valence-corrected chi connectivity index (χ2v) is 6.70. The Kier molecular flexibility index (Phi) is 5.99. The van der Waals surface area contributed by atoms with Crippen molar-refractivity contribution in [2.45, 2.75) is 34.2 Å². The fraction of sp³-hybridized carbons (Fsp3) is 0.273. The van der Waals surface area contributed by atoms with Gasteiger partial charge in [-0.1, -0.05) is 42.0 Å². The first-order chi connectivity index (χ1) is 13.5. The van der Waals surface area contributed by atoms with E-state index in [0.717, 1.165) is 22.6 Å². The number of benzene rings is 2. The standard InChI is InChI=1S/C22H26N4O2/c1-5-28-20-9-7-6-8-19(20)23-22(27)24-21-16(3)25-26(17(21)4)14-18-12-10-15(2)11-13-18/h6-13H,5,14H2,1-4H3,(H2,23,24,27). The predicted molar refractivity (Wildman–Crippen MR) is 112 cm³/mol. The maximum absolute atomic E-state index is 12.5. The van der Waals surface area contributed by atoms with Crippen LogP contribution < -0.4 is 15.4 Å². The molecule has 0 aliphatic rings. The van der Waals surface area contributed by atoms with E-state index in [1.807, 2.05) is 49.7 Å². The van der Waals surface area contributed by atoms with Crippen LogP contribution in [0.25, 0.3) is 0 Å². The van der Waals surface area contributed by atoms with Gasteiger partial charge in [-0.2, -0.15) is 5.10 Å². The Morgan fingerprint density at radius 3 is 2.46 bits per heavy atom. The summed E-state index contributed by atoms with van der Waals surface area (Å²) >= 11 is 0. The summed E-state index contributed by atoms with van der Waals surface area (Å²) < 4.78 is 7.46. The van der Waals surface area contributed by atoms with Gasteiger partial charge in [-0.05, 0) is 45.4 Å². The number of carbonyl (C=O) groups is 1. The number of carbonyl (C=O) groups excluding carboxylic acids is 1. The van der Waals surface area contributed by atoms with E-state index in [9.17, 15) is 4.79 Å². The van der Waals surface area contributed by atoms with Crippen LogP contribution in [0.3, 0.4) is 0 Å². The van der Waals surface area contributed by atoms with E-state index >= 15 is 0 Å². The number of hydrogen-bond acceptors (Lipinski definition) is 3. The molecule has 0 spiro atoms. The molecule has 0 fully saturated rings. The quantitative estimate of drug-likeness (QED) is 0.641. The van der Waals surface area contributed by atoms with E-state index in [2.05, 4.69) is 46.9 Å². The third-order valence-electron chi connectivity index (χ3n) is 4.51. The number of hydrogen-bond donors (Lipinski definition) is 2. The summed E-state index contributed by atoms with van der Waals surface area (Å²) in [5, 5.41) is 10.4. The molecule has 0 unspecified atom stereocenters. The first-order valence-corrected chi connectivity index (χ1v) is 9.37. The Bertz CT molecular complexity index is 961. The first kappa shape index (κ1) is 19.5. The van der Waals surface area contributed by atoms with Gasteiger partial charge in [0.2, 0.25) is 0 Å². The minimum Gasteiger partial charge on any atom is -0.492 e. The highest BCUT2D eigenvalue weighted by atomic mass is 16.5. The van der Waals surface area contributed by atoms with Gasteiger partial charge < -0.3 is 15.4 Å². The minimum absolute atomic E-state index is 0.326. The Labute approximate surface area is 165 Å². The lowest BCUT2D eigenvalue weighted by molar-refractivity contribution is 0.262. The molecule has 6 heteroatoms. The highest BCUT2D eigenvalue weighted by Gasteiger charge is 2.15. The molecule has 1 aromatic heterocycles. The van der Waals surface area contributed by atoms with E-state index < -0.39 is 0 Å². The molecule has 2 amide bonds. The molecule has 0 aliphatic heterocycles. The molecule has 28 heavy (non-hydrogen) atoms. The van der Waals surface area contributed by atoms with Gasteiger partial charge in [0, 0.05) is 0 Å². The zero-order valence-electron chi connectivity index (χ0n) is 16.7. The van der Waals surface area contributed by atoms with Crippen molar-refractivity contribution in [3.63, 3.8) is 0 Å². The monoisotopic (exact) mass is 378 g/mol. The molecular formula is C22H26N4O2. The van der Waals surface area contributed by atoms with Gasteiger partial charge in [0.1, 0.15) is 5.75 Å². The first-order valence-electron chi connectivity index (χ1n) is 9.37. The Morgan fingerprint density at radius 2 is 1.75 bits per heavy atom. The summed E-state index contributed by atoms with van der Waals surface area (Å²) in [6.07, 6.45) is 0. The Morgan fingerprint density at radius 1 is 1.04 bits per heavy atom. The number of para-hydroxylation sites is 2. The van der Waals surface area contributed by atoms with Gasteiger partial charge in [-0.15, -0.1) is 0 Å². The van der Waals surface area contributed by atoms with Crippen molar-refractivity contribution in [3.8, 4) is 5.75 Å². The van der Waals surface area contributed by atoms with Crippen LogP contribution in [0.5, 0.6) is 5.75 Å². The molecule has 146 valence electrons. The van der Waals surface area contributed by atoms with Crippen LogP contribution in [0.4, 0.5) is 16.2 Å². The van der Waals surface area contributed by atoms with Gasteiger partial charge in [-0.3, -0.25) is 4.68 Å². The van der Waals surface area contributed by atoms with Crippen molar-refractivity contribution in [3.05, 3.63) is 71.0 Å².